The molecule has 1 aromatic heterocycles. The smallest absolute Gasteiger partial charge is 0.417 e. The van der Waals surface area contributed by atoms with Crippen molar-refractivity contribution in [2.24, 2.45) is 23.7 Å². The summed E-state index contributed by atoms with van der Waals surface area (Å²) in [4.78, 5) is 31.4. The molecule has 0 aromatic carbocycles. The van der Waals surface area contributed by atoms with Gasteiger partial charge in [0, 0.05) is 57.0 Å². The molecule has 10 heteroatoms. The molecule has 5 rings (SSSR count). The number of rotatable bonds is 4. The predicted molar refractivity (Wildman–Crippen MR) is 112 cm³/mol. The van der Waals surface area contributed by atoms with Gasteiger partial charge in [0.2, 0.25) is 5.91 Å². The van der Waals surface area contributed by atoms with Crippen molar-refractivity contribution in [3.8, 4) is 0 Å². The lowest BCUT2D eigenvalue weighted by Crippen LogP contribution is -2.44. The summed E-state index contributed by atoms with van der Waals surface area (Å²) in [6, 6.07) is 1.10. The second-order valence-electron chi connectivity index (χ2n) is 9.89. The van der Waals surface area contributed by atoms with Crippen molar-refractivity contribution >= 4 is 11.9 Å². The zero-order valence-electron chi connectivity index (χ0n) is 19.1. The molecule has 3 aliphatic heterocycles. The highest BCUT2D eigenvalue weighted by Gasteiger charge is 2.54. The number of alkyl halides is 3. The summed E-state index contributed by atoms with van der Waals surface area (Å²) < 4.78 is 56.3. The highest BCUT2D eigenvalue weighted by atomic mass is 19.4. The van der Waals surface area contributed by atoms with Gasteiger partial charge in [-0.1, -0.05) is 0 Å². The number of methoxy groups -OCH3 is 1. The number of esters is 1. The number of halogens is 3. The van der Waals surface area contributed by atoms with Crippen molar-refractivity contribution in [2.45, 2.75) is 57.0 Å². The molecule has 4 aliphatic rings. The molecule has 0 radical (unpaired) electrons. The zero-order valence-corrected chi connectivity index (χ0v) is 19.1. The maximum absolute atomic E-state index is 13.8. The first-order valence-electron chi connectivity index (χ1n) is 11.9. The summed E-state index contributed by atoms with van der Waals surface area (Å²) in [6.45, 7) is 1.66. The Morgan fingerprint density at radius 3 is 2.91 bits per heavy atom. The molecule has 1 amide bonds. The minimum atomic E-state index is -4.48. The molecule has 0 N–H and O–H groups in total. The standard InChI is InChI=1S/C24H29F3N2O5/c1-32-20-12-33-5-3-13(20)6-14-8-19-17(9-21(30)34-19)22(14)23(31)29-4-2-18-15(11-29)7-16(10-28-18)24(25,26)27/h7,10,13-14,17,19-20,22H,2-6,8-9,11-12H2,1H3/t13?,14-,17-,19-,20?,22-/m1/s1. The van der Waals surface area contributed by atoms with E-state index in [-0.39, 0.29) is 54.8 Å². The number of aromatic nitrogens is 1. The fourth-order valence-corrected chi connectivity index (χ4v) is 6.29. The lowest BCUT2D eigenvalue weighted by Gasteiger charge is -2.36. The van der Waals surface area contributed by atoms with Crippen molar-refractivity contribution in [3.63, 3.8) is 0 Å². The topological polar surface area (TPSA) is 78.0 Å². The molecule has 6 atom stereocenters. The monoisotopic (exact) mass is 482 g/mol. The van der Waals surface area contributed by atoms with Crippen LogP contribution in [0.1, 0.15) is 42.5 Å². The maximum Gasteiger partial charge on any atom is 0.417 e. The van der Waals surface area contributed by atoms with Crippen LogP contribution in [-0.2, 0) is 42.9 Å². The normalized spacial score (nSPS) is 33.4. The van der Waals surface area contributed by atoms with Gasteiger partial charge in [-0.2, -0.15) is 13.2 Å². The molecule has 186 valence electrons. The van der Waals surface area contributed by atoms with Gasteiger partial charge in [0.1, 0.15) is 6.10 Å². The molecule has 2 saturated heterocycles. The van der Waals surface area contributed by atoms with Crippen LogP contribution in [-0.4, -0.2) is 60.8 Å². The number of ether oxygens (including phenoxy) is 3. The van der Waals surface area contributed by atoms with Crippen LogP contribution in [0, 0.1) is 23.7 Å². The Balaban J connectivity index is 1.36. The molecule has 0 bridgehead atoms. The Kier molecular flexibility index (Phi) is 6.31. The van der Waals surface area contributed by atoms with Crippen LogP contribution in [0.25, 0.3) is 0 Å². The van der Waals surface area contributed by atoms with Crippen molar-refractivity contribution in [3.05, 3.63) is 29.1 Å². The fourth-order valence-electron chi connectivity index (χ4n) is 6.29. The van der Waals surface area contributed by atoms with Crippen molar-refractivity contribution in [1.29, 1.82) is 0 Å². The van der Waals surface area contributed by atoms with Gasteiger partial charge >= 0.3 is 12.1 Å². The number of hydrogen-bond donors (Lipinski definition) is 0. The maximum atomic E-state index is 13.8. The van der Waals surface area contributed by atoms with Crippen LogP contribution >= 0.6 is 0 Å². The molecule has 0 spiro atoms. The summed E-state index contributed by atoms with van der Waals surface area (Å²) in [5.74, 6) is -0.689. The number of pyridine rings is 1. The van der Waals surface area contributed by atoms with E-state index in [1.54, 1.807) is 12.0 Å². The minimum absolute atomic E-state index is 0.0254. The van der Waals surface area contributed by atoms with Crippen LogP contribution in [0.5, 0.6) is 0 Å². The fraction of sp³-hybridized carbons (Fsp3) is 0.708. The summed E-state index contributed by atoms with van der Waals surface area (Å²) >= 11 is 0. The molecule has 7 nitrogen and oxygen atoms in total. The Hall–Kier alpha value is -2.20. The van der Waals surface area contributed by atoms with Crippen LogP contribution in [0.2, 0.25) is 0 Å². The van der Waals surface area contributed by atoms with Gasteiger partial charge in [-0.25, -0.2) is 0 Å². The number of hydrogen-bond acceptors (Lipinski definition) is 6. The number of carbonyl (C=O) groups excluding carboxylic acids is 2. The summed E-state index contributed by atoms with van der Waals surface area (Å²) in [6.07, 6.45) is -1.08. The van der Waals surface area contributed by atoms with Crippen LogP contribution in [0.4, 0.5) is 13.2 Å². The van der Waals surface area contributed by atoms with Crippen molar-refractivity contribution < 1.29 is 37.0 Å². The average Bonchev–Trinajstić information content (AvgIpc) is 3.32. The van der Waals surface area contributed by atoms with Crippen molar-refractivity contribution in [1.82, 2.24) is 9.88 Å². The van der Waals surface area contributed by atoms with Crippen LogP contribution in [0.15, 0.2) is 12.3 Å². The molecular weight excluding hydrogens is 453 g/mol. The molecule has 2 unspecified atom stereocenters. The lowest BCUT2D eigenvalue weighted by atomic mass is 9.78. The number of carbonyl (C=O) groups is 2. The Morgan fingerprint density at radius 1 is 1.32 bits per heavy atom. The molecule has 1 saturated carbocycles. The minimum Gasteiger partial charge on any atom is -0.462 e. The van der Waals surface area contributed by atoms with E-state index in [0.717, 1.165) is 25.1 Å². The van der Waals surface area contributed by atoms with Gasteiger partial charge in [0.15, 0.2) is 0 Å². The molecule has 1 aliphatic carbocycles. The van der Waals surface area contributed by atoms with Crippen LogP contribution in [0.3, 0.4) is 0 Å². The zero-order chi connectivity index (χ0) is 24.0. The van der Waals surface area contributed by atoms with Gasteiger partial charge in [-0.15, -0.1) is 0 Å². The van der Waals surface area contributed by atoms with Gasteiger partial charge in [-0.05, 0) is 42.7 Å². The average molecular weight is 482 g/mol. The van der Waals surface area contributed by atoms with E-state index in [4.69, 9.17) is 14.2 Å². The summed E-state index contributed by atoms with van der Waals surface area (Å²) in [7, 11) is 1.66. The van der Waals surface area contributed by atoms with E-state index >= 15 is 0 Å². The van der Waals surface area contributed by atoms with E-state index in [9.17, 15) is 22.8 Å². The van der Waals surface area contributed by atoms with Gasteiger partial charge in [-0.3, -0.25) is 14.6 Å². The number of fused-ring (bicyclic) bond motifs is 2. The Bertz CT molecular complexity index is 955. The second-order valence-corrected chi connectivity index (χ2v) is 9.89. The summed E-state index contributed by atoms with van der Waals surface area (Å²) in [5.41, 5.74) is 0.227. The third-order valence-corrected chi connectivity index (χ3v) is 7.98. The third-order valence-electron chi connectivity index (χ3n) is 7.98. The van der Waals surface area contributed by atoms with E-state index in [2.05, 4.69) is 4.98 Å². The molecular formula is C24H29F3N2O5. The molecule has 34 heavy (non-hydrogen) atoms. The summed E-state index contributed by atoms with van der Waals surface area (Å²) in [5, 5.41) is 0. The number of amides is 1. The Morgan fingerprint density at radius 2 is 2.15 bits per heavy atom. The predicted octanol–water partition coefficient (Wildman–Crippen LogP) is 2.99. The van der Waals surface area contributed by atoms with Gasteiger partial charge in [0.05, 0.1) is 24.7 Å². The highest BCUT2D eigenvalue weighted by Crippen LogP contribution is 2.49. The SMILES string of the molecule is COC1COCCC1C[C@@H]1C[C@H]2OC(=O)C[C@H]2[C@@H]1C(=O)N1CCc2ncc(C(F)(F)F)cc2C1. The molecule has 4 heterocycles. The molecule has 3 fully saturated rings. The first kappa shape index (κ1) is 23.5. The van der Waals surface area contributed by atoms with Gasteiger partial charge in [0.25, 0.3) is 0 Å². The number of nitrogens with zero attached hydrogens (tertiary/aromatic N) is 2. The Labute approximate surface area is 195 Å². The van der Waals surface area contributed by atoms with Crippen molar-refractivity contribution in [2.75, 3.05) is 26.9 Å². The third kappa shape index (κ3) is 4.42. The lowest BCUT2D eigenvalue weighted by molar-refractivity contribution is -0.142. The van der Waals surface area contributed by atoms with E-state index in [0.29, 0.717) is 43.9 Å². The van der Waals surface area contributed by atoms with E-state index < -0.39 is 17.7 Å². The second kappa shape index (κ2) is 9.11. The molecule has 1 aromatic rings. The quantitative estimate of drug-likeness (QED) is 0.614. The van der Waals surface area contributed by atoms with E-state index in [1.165, 1.54) is 0 Å². The highest BCUT2D eigenvalue weighted by molar-refractivity contribution is 5.82. The van der Waals surface area contributed by atoms with Gasteiger partial charge < -0.3 is 19.1 Å². The first-order valence-corrected chi connectivity index (χ1v) is 11.9. The first-order chi connectivity index (χ1) is 16.2. The largest absolute Gasteiger partial charge is 0.462 e. The van der Waals surface area contributed by atoms with E-state index in [1.807, 2.05) is 0 Å². The van der Waals surface area contributed by atoms with Crippen LogP contribution < -0.4 is 0 Å².